The summed E-state index contributed by atoms with van der Waals surface area (Å²) in [6, 6.07) is 61.5. The maximum absolute atomic E-state index is 8.49. The number of rotatable bonds is 6. The van der Waals surface area contributed by atoms with Crippen LogP contribution in [0.1, 0.15) is 0 Å². The Balaban J connectivity index is 0.000000210. The number of alkyl halides is 2. The summed E-state index contributed by atoms with van der Waals surface area (Å²) in [4.78, 5) is 18.6. The van der Waals surface area contributed by atoms with Crippen LogP contribution >= 0.6 is 23.2 Å². The molecule has 0 bridgehead atoms. The van der Waals surface area contributed by atoms with E-state index in [2.05, 4.69) is 107 Å². The summed E-state index contributed by atoms with van der Waals surface area (Å²) in [5, 5.41) is 0.194. The van der Waals surface area contributed by atoms with Gasteiger partial charge in [0.1, 0.15) is 0 Å². The molecule has 8 nitrogen and oxygen atoms in total. The smallest absolute Gasteiger partial charge is 0.255 e. The molecule has 0 saturated heterocycles. The van der Waals surface area contributed by atoms with E-state index in [1.54, 1.807) is 12.4 Å². The van der Waals surface area contributed by atoms with Gasteiger partial charge in [-0.15, -0.1) is 33.4 Å². The van der Waals surface area contributed by atoms with Crippen LogP contribution in [0.5, 0.6) is 0 Å². The number of aromatic nitrogens is 4. The normalized spacial score (nSPS) is 10.2. The third kappa shape index (κ3) is 14.6. The van der Waals surface area contributed by atoms with Crippen LogP contribution in [0.2, 0.25) is 0 Å². The maximum atomic E-state index is 8.49. The summed E-state index contributed by atoms with van der Waals surface area (Å²) >= 11 is 9.53. The van der Waals surface area contributed by atoms with Gasteiger partial charge in [-0.1, -0.05) is 133 Å². The number of pyridine rings is 4. The van der Waals surface area contributed by atoms with Gasteiger partial charge in [-0.05, 0) is 70.8 Å². The van der Waals surface area contributed by atoms with E-state index >= 15 is 0 Å². The molecule has 0 spiro atoms. The zero-order valence-electron chi connectivity index (χ0n) is 30.0. The van der Waals surface area contributed by atoms with Crippen molar-refractivity contribution in [3.05, 3.63) is 194 Å². The van der Waals surface area contributed by atoms with Crippen LogP contribution in [0, 0.1) is 10.2 Å². The first-order valence-corrected chi connectivity index (χ1v) is 19.3. The molecule has 0 saturated carbocycles. The van der Waals surface area contributed by atoms with E-state index in [4.69, 9.17) is 51.8 Å². The Morgan fingerprint density at radius 1 is 0.351 bits per heavy atom. The minimum absolute atomic E-state index is 0. The molecule has 8 aromatic rings. The molecule has 0 atom stereocenters. The van der Waals surface area contributed by atoms with Crippen LogP contribution in [0.15, 0.2) is 194 Å². The van der Waals surface area contributed by atoms with E-state index < -0.39 is 10.2 Å². The first kappa shape index (κ1) is 44.4. The molecule has 12 heteroatoms. The fourth-order valence-corrected chi connectivity index (χ4v) is 5.46. The summed E-state index contributed by atoms with van der Waals surface area (Å²) < 4.78 is 34.0. The molecule has 0 aliphatic carbocycles. The van der Waals surface area contributed by atoms with Crippen LogP contribution in [0.25, 0.3) is 67.5 Å². The Morgan fingerprint density at radius 3 is 0.895 bits per heavy atom. The van der Waals surface area contributed by atoms with E-state index in [0.29, 0.717) is 0 Å². The minimum atomic E-state index is -4.94. The summed E-state index contributed by atoms with van der Waals surface area (Å²) in [6.07, 6.45) is 3.60. The molecule has 4 aromatic heterocycles. The Morgan fingerprint density at radius 2 is 0.614 bits per heavy atom. The third-order valence-electron chi connectivity index (χ3n) is 7.86. The van der Waals surface area contributed by atoms with E-state index in [0.717, 1.165) is 56.4 Å². The van der Waals surface area contributed by atoms with Crippen LogP contribution in [0.3, 0.4) is 0 Å². The molecule has 0 aliphatic heterocycles. The molecule has 8 rings (SSSR count). The largest absolute Gasteiger partial charge is 1.00 e. The Hall–Kier alpha value is -5.29. The van der Waals surface area contributed by atoms with Gasteiger partial charge in [-0.3, -0.25) is 9.97 Å². The predicted octanol–water partition coefficient (Wildman–Crippen LogP) is 7.62. The van der Waals surface area contributed by atoms with Crippen molar-refractivity contribution in [1.29, 1.82) is 0 Å². The van der Waals surface area contributed by atoms with Gasteiger partial charge in [-0.2, -0.15) is 0 Å². The zero-order valence-corrected chi connectivity index (χ0v) is 33.2. The van der Waals surface area contributed by atoms with Crippen molar-refractivity contribution in [3.8, 4) is 67.5 Å². The molecular formula is C45H34Cl3CuN4O4. The van der Waals surface area contributed by atoms with E-state index in [1.807, 2.05) is 84.9 Å². The second-order valence-corrected chi connectivity index (χ2v) is 13.2. The molecule has 290 valence electrons. The summed E-state index contributed by atoms with van der Waals surface area (Å²) in [5.74, 6) is 0. The molecule has 4 aromatic carbocycles. The van der Waals surface area contributed by atoms with Crippen molar-refractivity contribution in [1.82, 2.24) is 19.9 Å². The number of halogens is 3. The number of nitrogens with zero attached hydrogens (tertiary/aromatic N) is 4. The van der Waals surface area contributed by atoms with Crippen molar-refractivity contribution in [2.24, 2.45) is 0 Å². The average molecular weight is 865 g/mol. The molecule has 0 N–H and O–H groups in total. The fraction of sp³-hybridized carbons (Fsp3) is 0.0222. The first-order valence-electron chi connectivity index (χ1n) is 17.0. The zero-order chi connectivity index (χ0) is 39.6. The minimum Gasteiger partial charge on any atom is -0.255 e. The first-order chi connectivity index (χ1) is 27.2. The van der Waals surface area contributed by atoms with Gasteiger partial charge in [0.25, 0.3) is 0 Å². The third-order valence-corrected chi connectivity index (χ3v) is 7.86. The second kappa shape index (κ2) is 23.1. The quantitative estimate of drug-likeness (QED) is 0.123. The van der Waals surface area contributed by atoms with Crippen molar-refractivity contribution in [3.63, 3.8) is 0 Å². The average Bonchev–Trinajstić information content (AvgIpc) is 3.25. The number of hydrogen-bond acceptors (Lipinski definition) is 8. The van der Waals surface area contributed by atoms with Crippen molar-refractivity contribution < 1.29 is 45.9 Å². The maximum Gasteiger partial charge on any atom is 1.00 e. The molecule has 4 heterocycles. The van der Waals surface area contributed by atoms with E-state index in [-0.39, 0.29) is 22.4 Å². The van der Waals surface area contributed by atoms with E-state index in [9.17, 15) is 0 Å². The van der Waals surface area contributed by atoms with Gasteiger partial charge in [0.2, 0.25) is 0 Å². The van der Waals surface area contributed by atoms with Crippen molar-refractivity contribution in [2.45, 2.75) is 0 Å². The number of benzene rings is 4. The Bertz CT molecular complexity index is 1900. The van der Waals surface area contributed by atoms with Crippen molar-refractivity contribution in [2.75, 3.05) is 5.34 Å². The molecule has 0 amide bonds. The molecule has 0 aliphatic rings. The molecular weight excluding hydrogens is 830 g/mol. The van der Waals surface area contributed by atoms with E-state index in [1.165, 1.54) is 11.1 Å². The van der Waals surface area contributed by atoms with Crippen LogP contribution < -0.4 is 18.6 Å². The van der Waals surface area contributed by atoms with Gasteiger partial charge in [0.05, 0.1) is 39.5 Å². The number of hydrogen-bond donors (Lipinski definition) is 0. The topological polar surface area (TPSA) is 144 Å². The molecule has 0 fully saturated rings. The van der Waals surface area contributed by atoms with Gasteiger partial charge >= 0.3 is 17.1 Å². The van der Waals surface area contributed by atoms with Gasteiger partial charge < -0.3 is 0 Å². The standard InChI is InChI=1S/2C22H16N2.CH2Cl2.ClHO4.Cu/c2*1-3-9-17(10-4-1)19-15-21(18-11-5-2-6-12-18)24-22(16-19)20-13-7-8-14-23-20;2-1-3;2-1(3,4)5;/h2*1-16H;1H2;(H,2,3,4,5);/q;;;;+1/p-1. The van der Waals surface area contributed by atoms with Crippen LogP contribution in [-0.4, -0.2) is 25.3 Å². The fourth-order valence-electron chi connectivity index (χ4n) is 5.46. The van der Waals surface area contributed by atoms with Crippen LogP contribution in [-0.2, 0) is 17.1 Å². The summed E-state index contributed by atoms with van der Waals surface area (Å²) in [6.45, 7) is 0. The second-order valence-electron chi connectivity index (χ2n) is 11.6. The Kier molecular flexibility index (Phi) is 18.0. The monoisotopic (exact) mass is 862 g/mol. The summed E-state index contributed by atoms with van der Waals surface area (Å²) in [7, 11) is -4.94. The molecule has 0 unspecified atom stereocenters. The predicted molar refractivity (Wildman–Crippen MR) is 213 cm³/mol. The molecule has 0 radical (unpaired) electrons. The summed E-state index contributed by atoms with van der Waals surface area (Å²) in [5.41, 5.74) is 12.3. The molecule has 57 heavy (non-hydrogen) atoms. The van der Waals surface area contributed by atoms with Gasteiger partial charge in [-0.25, -0.2) is 28.6 Å². The van der Waals surface area contributed by atoms with Crippen LogP contribution in [0.4, 0.5) is 0 Å². The van der Waals surface area contributed by atoms with Gasteiger partial charge in [0.15, 0.2) is 0 Å². The van der Waals surface area contributed by atoms with Crippen molar-refractivity contribution >= 4 is 23.2 Å². The van der Waals surface area contributed by atoms with Gasteiger partial charge in [0, 0.05) is 23.5 Å². The SMILES string of the molecule is ClCCl.[Cu+].[O-][Cl+3]([O-])([O-])[O-].c1ccc(-c2cc(-c3ccccc3)nc(-c3ccccn3)c2)cc1.c1ccc(-c2cc(-c3ccccc3)nc(-c3ccccn3)c2)cc1. The Labute approximate surface area is 354 Å².